The molecule has 0 saturated carbocycles. The van der Waals surface area contributed by atoms with Crippen LogP contribution in [-0.4, -0.2) is 9.52 Å². The zero-order chi connectivity index (χ0) is 9.26. The minimum Gasteiger partial charge on any atom is -0.0773 e. The Bertz CT molecular complexity index is 306. The maximum absolute atomic E-state index is 3.45. The van der Waals surface area contributed by atoms with Gasteiger partial charge in [0.1, 0.15) is 0 Å². The molecule has 0 nitrogen and oxygen atoms in total. The summed E-state index contributed by atoms with van der Waals surface area (Å²) in [6.07, 6.45) is 13.5. The van der Waals surface area contributed by atoms with E-state index in [1.807, 2.05) is 0 Å². The van der Waals surface area contributed by atoms with Crippen LogP contribution in [0.5, 0.6) is 0 Å². The fourth-order valence-electron chi connectivity index (χ4n) is 1.76. The van der Waals surface area contributed by atoms with E-state index in [0.29, 0.717) is 0 Å². The fourth-order valence-corrected chi connectivity index (χ4v) is 3.50. The Labute approximate surface area is 82.6 Å². The van der Waals surface area contributed by atoms with Gasteiger partial charge < -0.3 is 0 Å². The maximum Gasteiger partial charge on any atom is 0.0889 e. The van der Waals surface area contributed by atoms with Crippen molar-refractivity contribution in [1.29, 1.82) is 0 Å². The summed E-state index contributed by atoms with van der Waals surface area (Å²) >= 11 is 0. The molecule has 0 aromatic heterocycles. The summed E-state index contributed by atoms with van der Waals surface area (Å²) in [4.78, 5) is 0. The average molecular weight is 186 g/mol. The van der Waals surface area contributed by atoms with Crippen molar-refractivity contribution >= 4 is 9.52 Å². The fraction of sp³-hybridized carbons (Fsp3) is 0.333. The average Bonchev–Trinajstić information content (AvgIpc) is 2.65. The quantitative estimate of drug-likeness (QED) is 0.580. The van der Waals surface area contributed by atoms with E-state index in [4.69, 9.17) is 0 Å². The molecule has 0 unspecified atom stereocenters. The SMILES string of the molecule is CC1=CC[C]=C1[SiH2]C1=[C]CC=C1C. The molecule has 0 amide bonds. The summed E-state index contributed by atoms with van der Waals surface area (Å²) in [6, 6.07) is 0. The minimum absolute atomic E-state index is 0.256. The Hall–Kier alpha value is -0.823. The Morgan fingerprint density at radius 3 is 1.77 bits per heavy atom. The van der Waals surface area contributed by atoms with Gasteiger partial charge in [0, 0.05) is 0 Å². The molecule has 0 bridgehead atoms. The monoisotopic (exact) mass is 186 g/mol. The van der Waals surface area contributed by atoms with Gasteiger partial charge >= 0.3 is 0 Å². The molecule has 0 fully saturated rings. The Morgan fingerprint density at radius 2 is 1.46 bits per heavy atom. The second kappa shape index (κ2) is 3.50. The van der Waals surface area contributed by atoms with Crippen LogP contribution in [0, 0.1) is 12.2 Å². The highest BCUT2D eigenvalue weighted by Crippen LogP contribution is 2.23. The summed E-state index contributed by atoms with van der Waals surface area (Å²) in [6.45, 7) is 4.41. The van der Waals surface area contributed by atoms with Gasteiger partial charge in [0.15, 0.2) is 0 Å². The van der Waals surface area contributed by atoms with Crippen molar-refractivity contribution in [2.24, 2.45) is 0 Å². The molecule has 2 rings (SSSR count). The number of hydrogen-bond acceptors (Lipinski definition) is 0. The lowest BCUT2D eigenvalue weighted by Gasteiger charge is -2.05. The van der Waals surface area contributed by atoms with E-state index in [9.17, 15) is 0 Å². The van der Waals surface area contributed by atoms with E-state index < -0.39 is 0 Å². The van der Waals surface area contributed by atoms with Gasteiger partial charge in [0.25, 0.3) is 0 Å². The van der Waals surface area contributed by atoms with Crippen molar-refractivity contribution in [3.63, 3.8) is 0 Å². The molecule has 0 heterocycles. The summed E-state index contributed by atoms with van der Waals surface area (Å²) < 4.78 is 0. The third-order valence-corrected chi connectivity index (χ3v) is 5.08. The summed E-state index contributed by atoms with van der Waals surface area (Å²) in [5.74, 6) is 0. The predicted octanol–water partition coefficient (Wildman–Crippen LogP) is 2.23. The molecule has 66 valence electrons. The number of rotatable bonds is 2. The highest BCUT2D eigenvalue weighted by atomic mass is 28.2. The maximum atomic E-state index is 3.45. The normalized spacial score (nSPS) is 21.1. The zero-order valence-electron chi connectivity index (χ0n) is 8.28. The number of hydrogen-bond donors (Lipinski definition) is 0. The van der Waals surface area contributed by atoms with E-state index >= 15 is 0 Å². The molecule has 2 aliphatic carbocycles. The molecule has 0 saturated heterocycles. The van der Waals surface area contributed by atoms with Crippen LogP contribution >= 0.6 is 0 Å². The van der Waals surface area contributed by atoms with E-state index in [1.165, 1.54) is 21.5 Å². The van der Waals surface area contributed by atoms with Crippen molar-refractivity contribution in [1.82, 2.24) is 0 Å². The molecule has 0 aliphatic heterocycles. The van der Waals surface area contributed by atoms with E-state index in [1.54, 1.807) is 0 Å². The van der Waals surface area contributed by atoms with E-state index in [2.05, 4.69) is 38.2 Å². The second-order valence-corrected chi connectivity index (χ2v) is 5.44. The topological polar surface area (TPSA) is 0 Å². The van der Waals surface area contributed by atoms with Gasteiger partial charge in [-0.25, -0.2) is 0 Å². The lowest BCUT2D eigenvalue weighted by molar-refractivity contribution is 1.38. The zero-order valence-corrected chi connectivity index (χ0v) is 9.69. The highest BCUT2D eigenvalue weighted by molar-refractivity contribution is 6.56. The van der Waals surface area contributed by atoms with Gasteiger partial charge in [-0.3, -0.25) is 0 Å². The van der Waals surface area contributed by atoms with Crippen molar-refractivity contribution in [2.75, 3.05) is 0 Å². The third kappa shape index (κ3) is 1.75. The molecular formula is C12H14Si. The van der Waals surface area contributed by atoms with Crippen molar-refractivity contribution in [3.8, 4) is 0 Å². The van der Waals surface area contributed by atoms with E-state index in [0.717, 1.165) is 12.8 Å². The Balaban J connectivity index is 2.07. The van der Waals surface area contributed by atoms with Crippen LogP contribution in [0.25, 0.3) is 0 Å². The van der Waals surface area contributed by atoms with Gasteiger partial charge in [0.05, 0.1) is 9.52 Å². The van der Waals surface area contributed by atoms with Crippen molar-refractivity contribution in [2.45, 2.75) is 26.7 Å². The first-order valence-corrected chi connectivity index (χ1v) is 6.22. The first-order chi connectivity index (χ1) is 6.27. The second-order valence-electron chi connectivity index (χ2n) is 3.67. The summed E-state index contributed by atoms with van der Waals surface area (Å²) in [5.41, 5.74) is 2.92. The molecule has 2 radical (unpaired) electrons. The Morgan fingerprint density at radius 1 is 1.00 bits per heavy atom. The van der Waals surface area contributed by atoms with Gasteiger partial charge in [-0.05, 0) is 38.8 Å². The third-order valence-electron chi connectivity index (χ3n) is 2.75. The number of allylic oxidation sites excluding steroid dienone is 8. The van der Waals surface area contributed by atoms with Crippen molar-refractivity contribution < 1.29 is 0 Å². The molecule has 0 spiro atoms. The Kier molecular flexibility index (Phi) is 2.36. The van der Waals surface area contributed by atoms with Crippen LogP contribution in [0.4, 0.5) is 0 Å². The molecule has 1 heteroatoms. The van der Waals surface area contributed by atoms with Crippen LogP contribution in [0.3, 0.4) is 0 Å². The first kappa shape index (κ1) is 8.76. The van der Waals surface area contributed by atoms with Crippen LogP contribution in [0.1, 0.15) is 26.7 Å². The molecule has 13 heavy (non-hydrogen) atoms. The standard InChI is InChI=1S/C12H14Si/c1-9-5-3-7-11(9)13-12-8-4-6-10(12)2/h5-6H,3-4,13H2,1-2H3. The van der Waals surface area contributed by atoms with Crippen LogP contribution in [-0.2, 0) is 0 Å². The van der Waals surface area contributed by atoms with Crippen LogP contribution < -0.4 is 0 Å². The molecule has 0 atom stereocenters. The largest absolute Gasteiger partial charge is 0.0889 e. The lowest BCUT2D eigenvalue weighted by Crippen LogP contribution is -2.01. The van der Waals surface area contributed by atoms with E-state index in [-0.39, 0.29) is 9.52 Å². The summed E-state index contributed by atoms with van der Waals surface area (Å²) in [5, 5.41) is 3.02. The smallest absolute Gasteiger partial charge is 0.0773 e. The van der Waals surface area contributed by atoms with Crippen LogP contribution in [0.15, 0.2) is 33.7 Å². The molecule has 0 aromatic carbocycles. The highest BCUT2D eigenvalue weighted by Gasteiger charge is 2.12. The molecular weight excluding hydrogens is 172 g/mol. The van der Waals surface area contributed by atoms with Gasteiger partial charge in [-0.1, -0.05) is 33.7 Å². The van der Waals surface area contributed by atoms with Gasteiger partial charge in [0.2, 0.25) is 0 Å². The minimum atomic E-state index is -0.256. The first-order valence-electron chi connectivity index (χ1n) is 4.81. The van der Waals surface area contributed by atoms with Crippen LogP contribution in [0.2, 0.25) is 0 Å². The molecule has 0 N–H and O–H groups in total. The lowest BCUT2D eigenvalue weighted by atomic mass is 10.3. The molecule has 0 aromatic rings. The summed E-state index contributed by atoms with van der Waals surface area (Å²) in [7, 11) is -0.256. The predicted molar refractivity (Wildman–Crippen MR) is 58.8 cm³/mol. The van der Waals surface area contributed by atoms with Gasteiger partial charge in [-0.15, -0.1) is 0 Å². The van der Waals surface area contributed by atoms with Gasteiger partial charge in [-0.2, -0.15) is 0 Å². The molecule has 2 aliphatic rings. The van der Waals surface area contributed by atoms with Crippen molar-refractivity contribution in [3.05, 3.63) is 45.8 Å².